The van der Waals surface area contributed by atoms with Gasteiger partial charge >= 0.3 is 5.97 Å². The van der Waals surface area contributed by atoms with Crippen molar-refractivity contribution in [1.29, 1.82) is 0 Å². The van der Waals surface area contributed by atoms with Crippen LogP contribution in [0.3, 0.4) is 0 Å². The number of rotatable bonds is 9. The van der Waals surface area contributed by atoms with Crippen LogP contribution in [0.15, 0.2) is 24.3 Å². The first kappa shape index (κ1) is 26.4. The second-order valence-corrected chi connectivity index (χ2v) is 8.22. The first-order valence-electron chi connectivity index (χ1n) is 10.1. The maximum atomic E-state index is 12.8. The van der Waals surface area contributed by atoms with E-state index in [0.29, 0.717) is 10.8 Å². The summed E-state index contributed by atoms with van der Waals surface area (Å²) < 4.78 is 12.8. The van der Waals surface area contributed by atoms with Crippen LogP contribution in [0.5, 0.6) is 0 Å². The smallest absolute Gasteiger partial charge is 0.345 e. The maximum absolute atomic E-state index is 12.8. The van der Waals surface area contributed by atoms with Crippen molar-refractivity contribution in [2.75, 3.05) is 0 Å². The molecule has 1 aromatic rings. The third kappa shape index (κ3) is 12.7. The van der Waals surface area contributed by atoms with E-state index in [9.17, 15) is 9.18 Å². The average molecular weight is 411 g/mol. The second-order valence-electron chi connectivity index (χ2n) is 7.05. The van der Waals surface area contributed by atoms with Crippen LogP contribution in [0.1, 0.15) is 79.8 Å². The molecule has 1 aliphatic carbocycles. The van der Waals surface area contributed by atoms with E-state index in [1.165, 1.54) is 11.3 Å². The van der Waals surface area contributed by atoms with Gasteiger partial charge in [0.15, 0.2) is 0 Å². The molecule has 1 heterocycles. The third-order valence-electron chi connectivity index (χ3n) is 4.43. The average Bonchev–Trinajstić information content (AvgIpc) is 3.30. The number of carbonyl (C=O) groups is 1. The Morgan fingerprint density at radius 3 is 2.57 bits per heavy atom. The quantitative estimate of drug-likeness (QED) is 0.286. The predicted octanol–water partition coefficient (Wildman–Crippen LogP) is 6.27. The van der Waals surface area contributed by atoms with Crippen molar-refractivity contribution in [3.05, 3.63) is 34.0 Å². The molecule has 0 radical (unpaired) electrons. The van der Waals surface area contributed by atoms with E-state index < -0.39 is 12.1 Å². The van der Waals surface area contributed by atoms with Crippen molar-refractivity contribution in [2.24, 2.45) is 5.92 Å². The van der Waals surface area contributed by atoms with Gasteiger partial charge in [-0.1, -0.05) is 31.9 Å². The van der Waals surface area contributed by atoms with Crippen molar-refractivity contribution in [3.8, 4) is 12.8 Å². The van der Waals surface area contributed by atoms with Crippen LogP contribution in [0, 0.1) is 18.8 Å². The van der Waals surface area contributed by atoms with Crippen molar-refractivity contribution in [1.82, 2.24) is 0 Å². The monoisotopic (exact) mass is 410 g/mol. The topological polar surface area (TPSA) is 57.5 Å². The molecule has 0 spiro atoms. The zero-order valence-corrected chi connectivity index (χ0v) is 18.0. The van der Waals surface area contributed by atoms with Gasteiger partial charge in [0.25, 0.3) is 0 Å². The summed E-state index contributed by atoms with van der Waals surface area (Å²) in [5, 5.41) is 17.6. The van der Waals surface area contributed by atoms with Crippen LogP contribution in [-0.4, -0.2) is 28.5 Å². The van der Waals surface area contributed by atoms with Crippen LogP contribution in [0.2, 0.25) is 0 Å². The molecule has 0 bridgehead atoms. The molecule has 0 amide bonds. The van der Waals surface area contributed by atoms with Crippen molar-refractivity contribution in [2.45, 2.75) is 83.9 Å². The molecule has 1 saturated carbocycles. The van der Waals surface area contributed by atoms with Gasteiger partial charge in [-0.15, -0.1) is 24.2 Å². The Hall–Kier alpha value is -1.64. The number of aliphatic hydroxyl groups excluding tert-OH is 1. The lowest BCUT2D eigenvalue weighted by Gasteiger charge is -2.02. The van der Waals surface area contributed by atoms with E-state index in [1.807, 2.05) is 13.0 Å². The highest BCUT2D eigenvalue weighted by molar-refractivity contribution is 7.13. The number of unbranched alkanes of at least 4 members (excludes halogenated alkanes) is 2. The second kappa shape index (κ2) is 16.3. The highest BCUT2D eigenvalue weighted by atomic mass is 32.1. The summed E-state index contributed by atoms with van der Waals surface area (Å²) in [6, 6.07) is 3.55. The molecule has 5 heteroatoms. The number of allylic oxidation sites excluding steroid dienone is 2. The molecule has 2 N–H and O–H groups in total. The van der Waals surface area contributed by atoms with Crippen LogP contribution in [-0.2, 0) is 6.42 Å². The van der Waals surface area contributed by atoms with Crippen LogP contribution in [0.4, 0.5) is 4.39 Å². The number of alkyl halides is 1. The molecule has 3 atom stereocenters. The summed E-state index contributed by atoms with van der Waals surface area (Å²) in [4.78, 5) is 12.0. The maximum Gasteiger partial charge on any atom is 0.345 e. The standard InChI is InChI=1S/C13H23FO.C8H10O2S.C2H2/c1-11(15)6-4-2-3-5-7-12-8-9-13(14)10-12;1-2-3-6-4-5-7(11-6)8(9)10;1-2/h5,7,11-13,15H,2-4,6,8-10H2,1H3;4-5H,2-3H2,1H3,(H,9,10);1-2H/b7-5+;;/t11-,12+,13-;;/m1../s1. The summed E-state index contributed by atoms with van der Waals surface area (Å²) in [6.07, 6.45) is 20.4. The van der Waals surface area contributed by atoms with Crippen molar-refractivity contribution in [3.63, 3.8) is 0 Å². The fourth-order valence-electron chi connectivity index (χ4n) is 3.00. The van der Waals surface area contributed by atoms with E-state index in [4.69, 9.17) is 10.2 Å². The highest BCUT2D eigenvalue weighted by Crippen LogP contribution is 2.28. The number of aryl methyl sites for hydroxylation is 1. The van der Waals surface area contributed by atoms with E-state index >= 15 is 0 Å². The molecule has 3 nitrogen and oxygen atoms in total. The van der Waals surface area contributed by atoms with Crippen molar-refractivity contribution < 1.29 is 19.4 Å². The minimum atomic E-state index is -0.822. The molecular formula is C23H35FO3S. The van der Waals surface area contributed by atoms with Gasteiger partial charge in [0, 0.05) is 4.88 Å². The summed E-state index contributed by atoms with van der Waals surface area (Å²) >= 11 is 1.37. The van der Waals surface area contributed by atoms with Gasteiger partial charge in [-0.25, -0.2) is 9.18 Å². The number of carboxylic acids is 1. The lowest BCUT2D eigenvalue weighted by molar-refractivity contribution is 0.0702. The Bertz CT molecular complexity index is 577. The van der Waals surface area contributed by atoms with E-state index in [0.717, 1.165) is 62.7 Å². The van der Waals surface area contributed by atoms with Gasteiger partial charge in [0.1, 0.15) is 11.0 Å². The highest BCUT2D eigenvalue weighted by Gasteiger charge is 2.21. The number of hydrogen-bond donors (Lipinski definition) is 2. The largest absolute Gasteiger partial charge is 0.477 e. The van der Waals surface area contributed by atoms with Crippen LogP contribution < -0.4 is 0 Å². The molecule has 1 fully saturated rings. The van der Waals surface area contributed by atoms with Crippen LogP contribution in [0.25, 0.3) is 0 Å². The third-order valence-corrected chi connectivity index (χ3v) is 5.56. The molecule has 1 aromatic heterocycles. The van der Waals surface area contributed by atoms with Gasteiger partial charge in [0.05, 0.1) is 6.10 Å². The summed E-state index contributed by atoms with van der Waals surface area (Å²) in [5.74, 6) is -0.339. The zero-order chi connectivity index (χ0) is 21.4. The summed E-state index contributed by atoms with van der Waals surface area (Å²) in [7, 11) is 0. The molecule has 0 saturated heterocycles. The lowest BCUT2D eigenvalue weighted by Crippen LogP contribution is -1.97. The number of terminal acetylenes is 1. The van der Waals surface area contributed by atoms with Gasteiger partial charge in [0.2, 0.25) is 0 Å². The molecule has 28 heavy (non-hydrogen) atoms. The number of thiophene rings is 1. The Labute approximate surface area is 173 Å². The molecule has 2 rings (SSSR count). The Morgan fingerprint density at radius 2 is 2.07 bits per heavy atom. The van der Waals surface area contributed by atoms with Gasteiger partial charge in [-0.3, -0.25) is 0 Å². The number of aliphatic hydroxyl groups is 1. The molecule has 158 valence electrons. The van der Waals surface area contributed by atoms with E-state index in [1.54, 1.807) is 6.07 Å². The van der Waals surface area contributed by atoms with Crippen LogP contribution >= 0.6 is 11.3 Å². The summed E-state index contributed by atoms with van der Waals surface area (Å²) in [5.41, 5.74) is 0. The predicted molar refractivity (Wildman–Crippen MR) is 117 cm³/mol. The van der Waals surface area contributed by atoms with E-state index in [2.05, 4.69) is 31.9 Å². The minimum absolute atomic E-state index is 0.170. The number of aromatic carboxylic acids is 1. The molecule has 0 aromatic carbocycles. The fraction of sp³-hybridized carbons (Fsp3) is 0.609. The SMILES string of the molecule is C#C.CCCc1ccc(C(=O)O)s1.C[C@@H](O)CCCC/C=C/[C@H]1CC[C@@H](F)C1. The Morgan fingerprint density at radius 1 is 1.36 bits per heavy atom. The lowest BCUT2D eigenvalue weighted by atomic mass is 10.1. The van der Waals surface area contributed by atoms with Gasteiger partial charge in [-0.05, 0) is 69.9 Å². The minimum Gasteiger partial charge on any atom is -0.477 e. The zero-order valence-electron chi connectivity index (χ0n) is 17.1. The molecule has 1 aliphatic rings. The Balaban J connectivity index is 0.000000497. The fourth-order valence-corrected chi connectivity index (χ4v) is 3.95. The number of halogens is 1. The summed E-state index contributed by atoms with van der Waals surface area (Å²) in [6.45, 7) is 3.91. The first-order chi connectivity index (χ1) is 13.4. The van der Waals surface area contributed by atoms with Gasteiger partial charge < -0.3 is 10.2 Å². The van der Waals surface area contributed by atoms with Crippen molar-refractivity contribution >= 4 is 17.3 Å². The van der Waals surface area contributed by atoms with E-state index in [-0.39, 0.29) is 6.10 Å². The molecule has 0 unspecified atom stereocenters. The molecular weight excluding hydrogens is 375 g/mol. The number of carboxylic acid groups (broad SMARTS) is 1. The van der Waals surface area contributed by atoms with Gasteiger partial charge in [-0.2, -0.15) is 0 Å². The number of hydrogen-bond acceptors (Lipinski definition) is 3. The first-order valence-corrected chi connectivity index (χ1v) is 10.9. The normalized spacial score (nSPS) is 19.4. The Kier molecular flexibility index (Phi) is 15.4. The molecule has 0 aliphatic heterocycles.